The Morgan fingerprint density at radius 1 is 1.18 bits per heavy atom. The summed E-state index contributed by atoms with van der Waals surface area (Å²) >= 11 is 0. The van der Waals surface area contributed by atoms with Crippen LogP contribution in [0.2, 0.25) is 0 Å². The summed E-state index contributed by atoms with van der Waals surface area (Å²) in [5.41, 5.74) is 2.45. The number of hydrogen-bond donors (Lipinski definition) is 1. The minimum Gasteiger partial charge on any atom is -0.372 e. The van der Waals surface area contributed by atoms with E-state index < -0.39 is 0 Å². The number of benzene rings is 1. The molecule has 2 aromatic heterocycles. The van der Waals surface area contributed by atoms with Gasteiger partial charge in [0.05, 0.1) is 0 Å². The predicted molar refractivity (Wildman–Crippen MR) is 109 cm³/mol. The number of amides is 1. The third-order valence-corrected chi connectivity index (χ3v) is 4.50. The van der Waals surface area contributed by atoms with E-state index in [4.69, 9.17) is 0 Å². The van der Waals surface area contributed by atoms with Gasteiger partial charge in [0.25, 0.3) is 5.56 Å². The molecule has 146 valence electrons. The second-order valence-electron chi connectivity index (χ2n) is 6.36. The molecule has 8 nitrogen and oxygen atoms in total. The zero-order valence-electron chi connectivity index (χ0n) is 16.3. The second kappa shape index (κ2) is 8.51. The fraction of sp³-hybridized carbons (Fsp3) is 0.300. The number of carbonyl (C=O) groups excluding carboxylic acids is 1. The topological polar surface area (TPSA) is 85.1 Å². The molecule has 0 spiro atoms. The maximum atomic E-state index is 12.5. The summed E-state index contributed by atoms with van der Waals surface area (Å²) in [5, 5.41) is 11.2. The number of anilines is 2. The summed E-state index contributed by atoms with van der Waals surface area (Å²) in [6.45, 7) is 7.83. The molecule has 1 amide bonds. The minimum absolute atomic E-state index is 0.175. The average Bonchev–Trinajstić information content (AvgIpc) is 3.21. The molecule has 3 aromatic rings. The van der Waals surface area contributed by atoms with E-state index in [2.05, 4.69) is 34.3 Å². The van der Waals surface area contributed by atoms with Crippen molar-refractivity contribution in [2.45, 2.75) is 27.3 Å². The van der Waals surface area contributed by atoms with Gasteiger partial charge < -0.3 is 10.2 Å². The molecule has 0 aliphatic rings. The largest absolute Gasteiger partial charge is 0.372 e. The summed E-state index contributed by atoms with van der Waals surface area (Å²) in [6.07, 6.45) is 3.34. The Morgan fingerprint density at radius 2 is 1.96 bits per heavy atom. The summed E-state index contributed by atoms with van der Waals surface area (Å²) in [5.74, 6) is 0.156. The van der Waals surface area contributed by atoms with Crippen LogP contribution in [0.25, 0.3) is 5.82 Å². The highest BCUT2D eigenvalue weighted by Crippen LogP contribution is 2.22. The number of nitrogens with zero attached hydrogens (tertiary/aromatic N) is 5. The van der Waals surface area contributed by atoms with Gasteiger partial charge in [0.1, 0.15) is 6.54 Å². The van der Waals surface area contributed by atoms with Crippen LogP contribution in [-0.4, -0.2) is 38.6 Å². The Bertz CT molecular complexity index is 1010. The van der Waals surface area contributed by atoms with E-state index in [-0.39, 0.29) is 18.0 Å². The second-order valence-corrected chi connectivity index (χ2v) is 6.36. The minimum atomic E-state index is -0.348. The molecule has 0 unspecified atom stereocenters. The van der Waals surface area contributed by atoms with Crippen molar-refractivity contribution in [3.8, 4) is 5.82 Å². The highest BCUT2D eigenvalue weighted by Gasteiger charge is 2.11. The fourth-order valence-electron chi connectivity index (χ4n) is 2.98. The van der Waals surface area contributed by atoms with Gasteiger partial charge in [0, 0.05) is 42.9 Å². The number of rotatable bonds is 7. The molecule has 3 rings (SSSR count). The van der Waals surface area contributed by atoms with Crippen molar-refractivity contribution in [2.75, 3.05) is 23.3 Å². The summed E-state index contributed by atoms with van der Waals surface area (Å²) in [7, 11) is 0. The van der Waals surface area contributed by atoms with Gasteiger partial charge in [-0.25, -0.2) is 9.36 Å². The third kappa shape index (κ3) is 4.28. The van der Waals surface area contributed by atoms with Crippen LogP contribution in [0.15, 0.2) is 53.6 Å². The molecule has 1 aromatic carbocycles. The normalized spacial score (nSPS) is 10.7. The first-order chi connectivity index (χ1) is 13.5. The van der Waals surface area contributed by atoms with Crippen molar-refractivity contribution in [1.82, 2.24) is 19.6 Å². The molecule has 2 heterocycles. The molecule has 8 heteroatoms. The first-order valence-electron chi connectivity index (χ1n) is 9.25. The van der Waals surface area contributed by atoms with Gasteiger partial charge in [-0.15, -0.1) is 5.10 Å². The molecular weight excluding hydrogens is 356 g/mol. The number of aromatic nitrogens is 4. The van der Waals surface area contributed by atoms with Gasteiger partial charge in [-0.2, -0.15) is 5.10 Å². The Labute approximate surface area is 163 Å². The Hall–Kier alpha value is -3.42. The molecule has 0 atom stereocenters. The van der Waals surface area contributed by atoms with Gasteiger partial charge >= 0.3 is 0 Å². The van der Waals surface area contributed by atoms with E-state index in [0.717, 1.165) is 34.7 Å². The number of carbonyl (C=O) groups is 1. The molecule has 0 bridgehead atoms. The zero-order chi connectivity index (χ0) is 20.1. The first kappa shape index (κ1) is 19.3. The van der Waals surface area contributed by atoms with E-state index in [0.29, 0.717) is 5.82 Å². The third-order valence-electron chi connectivity index (χ3n) is 4.50. The van der Waals surface area contributed by atoms with Gasteiger partial charge in [-0.05, 0) is 56.7 Å². The van der Waals surface area contributed by atoms with E-state index in [1.807, 2.05) is 25.1 Å². The molecule has 0 aliphatic carbocycles. The lowest BCUT2D eigenvalue weighted by Crippen LogP contribution is -2.30. The zero-order valence-corrected chi connectivity index (χ0v) is 16.3. The summed E-state index contributed by atoms with van der Waals surface area (Å²) in [6, 6.07) is 10.6. The maximum Gasteiger partial charge on any atom is 0.267 e. The number of aryl methyl sites for hydroxylation is 1. The average molecular weight is 380 g/mol. The van der Waals surface area contributed by atoms with Gasteiger partial charge in [0.15, 0.2) is 5.82 Å². The van der Waals surface area contributed by atoms with Crippen molar-refractivity contribution in [3.05, 3.63) is 64.7 Å². The number of nitrogens with one attached hydrogen (secondary N) is 1. The van der Waals surface area contributed by atoms with E-state index in [9.17, 15) is 9.59 Å². The molecule has 1 N–H and O–H groups in total. The molecule has 0 saturated heterocycles. The molecule has 28 heavy (non-hydrogen) atoms. The Morgan fingerprint density at radius 3 is 2.61 bits per heavy atom. The van der Waals surface area contributed by atoms with Crippen LogP contribution in [0.5, 0.6) is 0 Å². The quantitative estimate of drug-likeness (QED) is 0.679. The fourth-order valence-corrected chi connectivity index (χ4v) is 2.98. The van der Waals surface area contributed by atoms with Crippen molar-refractivity contribution in [2.24, 2.45) is 0 Å². The SMILES string of the molecule is CCN(CC)c1ccc(NC(=O)Cn2nc(-n3cccn3)ccc2=O)c(C)c1. The Balaban J connectivity index is 1.74. The van der Waals surface area contributed by atoms with Crippen molar-refractivity contribution in [3.63, 3.8) is 0 Å². The molecule has 0 aliphatic heterocycles. The standard InChI is InChI=1S/C20H24N6O2/c1-4-24(5-2)16-7-8-17(15(3)13-16)22-19(27)14-26-20(28)10-9-18(23-26)25-12-6-11-21-25/h6-13H,4-5,14H2,1-3H3,(H,22,27). The van der Waals surface area contributed by atoms with Gasteiger partial charge in [0.2, 0.25) is 5.91 Å². The van der Waals surface area contributed by atoms with Crippen molar-refractivity contribution < 1.29 is 4.79 Å². The molecular formula is C20H24N6O2. The van der Waals surface area contributed by atoms with Gasteiger partial charge in [-0.3, -0.25) is 9.59 Å². The summed E-state index contributed by atoms with van der Waals surface area (Å²) in [4.78, 5) is 26.8. The monoisotopic (exact) mass is 380 g/mol. The molecule has 0 fully saturated rings. The van der Waals surface area contributed by atoms with Crippen LogP contribution in [0.4, 0.5) is 11.4 Å². The van der Waals surface area contributed by atoms with Crippen LogP contribution in [0.3, 0.4) is 0 Å². The smallest absolute Gasteiger partial charge is 0.267 e. The van der Waals surface area contributed by atoms with Crippen LogP contribution < -0.4 is 15.8 Å². The lowest BCUT2D eigenvalue weighted by atomic mass is 10.1. The maximum absolute atomic E-state index is 12.5. The van der Waals surface area contributed by atoms with Gasteiger partial charge in [-0.1, -0.05) is 0 Å². The lowest BCUT2D eigenvalue weighted by molar-refractivity contribution is -0.117. The lowest BCUT2D eigenvalue weighted by Gasteiger charge is -2.22. The van der Waals surface area contributed by atoms with E-state index >= 15 is 0 Å². The number of hydrogen-bond acceptors (Lipinski definition) is 5. The predicted octanol–water partition coefficient (Wildman–Crippen LogP) is 2.22. The first-order valence-corrected chi connectivity index (χ1v) is 9.25. The van der Waals surface area contributed by atoms with Crippen LogP contribution in [0, 0.1) is 6.92 Å². The van der Waals surface area contributed by atoms with Crippen molar-refractivity contribution >= 4 is 17.3 Å². The molecule has 0 saturated carbocycles. The van der Waals surface area contributed by atoms with Crippen LogP contribution >= 0.6 is 0 Å². The van der Waals surface area contributed by atoms with E-state index in [1.54, 1.807) is 24.5 Å². The highest BCUT2D eigenvalue weighted by molar-refractivity contribution is 5.91. The summed E-state index contributed by atoms with van der Waals surface area (Å²) < 4.78 is 2.66. The van der Waals surface area contributed by atoms with Crippen molar-refractivity contribution in [1.29, 1.82) is 0 Å². The van der Waals surface area contributed by atoms with Crippen LogP contribution in [0.1, 0.15) is 19.4 Å². The van der Waals surface area contributed by atoms with E-state index in [1.165, 1.54) is 10.7 Å². The van der Waals surface area contributed by atoms with Crippen LogP contribution in [-0.2, 0) is 11.3 Å². The highest BCUT2D eigenvalue weighted by atomic mass is 16.2. The Kier molecular flexibility index (Phi) is 5.88. The molecule has 0 radical (unpaired) electrons.